The van der Waals surface area contributed by atoms with E-state index in [0.717, 1.165) is 0 Å². The van der Waals surface area contributed by atoms with Crippen molar-refractivity contribution in [1.82, 2.24) is 19.5 Å². The van der Waals surface area contributed by atoms with E-state index in [1.807, 2.05) is 0 Å². The third kappa shape index (κ3) is 1.95. The SMILES string of the molecule is Nc1ncnc2c1ncn2[C@H]1O[C@@H](CO)[C@H]2OP(=O)(O)O[C@H]21. The molecule has 2 aliphatic heterocycles. The first kappa shape index (κ1) is 14.0. The fourth-order valence-corrected chi connectivity index (χ4v) is 3.85. The van der Waals surface area contributed by atoms with Gasteiger partial charge in [-0.15, -0.1) is 0 Å². The van der Waals surface area contributed by atoms with Crippen LogP contribution in [0, 0.1) is 0 Å². The molecule has 2 aromatic rings. The minimum atomic E-state index is -4.16. The van der Waals surface area contributed by atoms with Crippen LogP contribution in [-0.4, -0.2) is 54.4 Å². The van der Waals surface area contributed by atoms with E-state index in [-0.39, 0.29) is 12.4 Å². The number of phosphoric acid groups is 1. The zero-order chi connectivity index (χ0) is 15.5. The van der Waals surface area contributed by atoms with Crippen molar-refractivity contribution >= 4 is 24.8 Å². The Kier molecular flexibility index (Phi) is 2.98. The largest absolute Gasteiger partial charge is 0.473 e. The summed E-state index contributed by atoms with van der Waals surface area (Å²) in [4.78, 5) is 21.5. The molecule has 0 aliphatic carbocycles. The van der Waals surface area contributed by atoms with Crippen LogP contribution in [0.4, 0.5) is 5.82 Å². The first-order valence-corrected chi connectivity index (χ1v) is 7.88. The van der Waals surface area contributed by atoms with Gasteiger partial charge in [0.2, 0.25) is 0 Å². The van der Waals surface area contributed by atoms with Crippen molar-refractivity contribution in [2.24, 2.45) is 0 Å². The van der Waals surface area contributed by atoms with E-state index in [4.69, 9.17) is 19.5 Å². The van der Waals surface area contributed by atoms with Crippen molar-refractivity contribution in [2.45, 2.75) is 24.5 Å². The Labute approximate surface area is 123 Å². The van der Waals surface area contributed by atoms with E-state index in [2.05, 4.69) is 15.0 Å². The highest BCUT2D eigenvalue weighted by Gasteiger charge is 2.57. The van der Waals surface area contributed by atoms with E-state index in [9.17, 15) is 14.6 Å². The van der Waals surface area contributed by atoms with Gasteiger partial charge in [-0.1, -0.05) is 0 Å². The van der Waals surface area contributed by atoms with Crippen LogP contribution in [0.25, 0.3) is 11.2 Å². The lowest BCUT2D eigenvalue weighted by atomic mass is 10.1. The second-order valence-corrected chi connectivity index (χ2v) is 6.30. The van der Waals surface area contributed by atoms with Gasteiger partial charge < -0.3 is 20.5 Å². The molecule has 0 amide bonds. The zero-order valence-electron chi connectivity index (χ0n) is 11.0. The second-order valence-electron chi connectivity index (χ2n) is 4.94. The Morgan fingerprint density at radius 1 is 1.32 bits per heavy atom. The van der Waals surface area contributed by atoms with Crippen LogP contribution in [0.1, 0.15) is 6.23 Å². The first-order chi connectivity index (χ1) is 10.5. The number of nitrogens with two attached hydrogens (primary N) is 1. The molecule has 12 heteroatoms. The molecule has 11 nitrogen and oxygen atoms in total. The highest BCUT2D eigenvalue weighted by Crippen LogP contribution is 2.58. The second kappa shape index (κ2) is 4.69. The molecule has 2 aliphatic rings. The number of aromatic nitrogens is 4. The predicted octanol–water partition coefficient (Wildman–Crippen LogP) is -0.817. The number of phosphoric ester groups is 1. The fourth-order valence-electron chi connectivity index (χ4n) is 2.71. The van der Waals surface area contributed by atoms with E-state index >= 15 is 0 Å². The van der Waals surface area contributed by atoms with Crippen molar-refractivity contribution in [1.29, 1.82) is 0 Å². The minimum absolute atomic E-state index is 0.202. The molecule has 0 aromatic carbocycles. The number of anilines is 1. The summed E-state index contributed by atoms with van der Waals surface area (Å²) in [5.41, 5.74) is 6.49. The summed E-state index contributed by atoms with van der Waals surface area (Å²) in [6, 6.07) is 0. The van der Waals surface area contributed by atoms with Gasteiger partial charge in [0.25, 0.3) is 0 Å². The molecule has 2 fully saturated rings. The van der Waals surface area contributed by atoms with Gasteiger partial charge in [-0.05, 0) is 0 Å². The number of fused-ring (bicyclic) bond motifs is 2. The molecule has 118 valence electrons. The molecular formula is C10H12N5O6P. The van der Waals surface area contributed by atoms with E-state index in [1.54, 1.807) is 0 Å². The van der Waals surface area contributed by atoms with Crippen LogP contribution < -0.4 is 5.73 Å². The molecule has 0 spiro atoms. The van der Waals surface area contributed by atoms with Crippen LogP contribution >= 0.6 is 7.82 Å². The van der Waals surface area contributed by atoms with Crippen molar-refractivity contribution in [3.63, 3.8) is 0 Å². The number of rotatable bonds is 2. The molecule has 2 saturated heterocycles. The molecule has 4 N–H and O–H groups in total. The van der Waals surface area contributed by atoms with Crippen LogP contribution in [0.5, 0.6) is 0 Å². The van der Waals surface area contributed by atoms with Crippen molar-refractivity contribution in [2.75, 3.05) is 12.3 Å². The van der Waals surface area contributed by atoms with Gasteiger partial charge in [0, 0.05) is 0 Å². The summed E-state index contributed by atoms with van der Waals surface area (Å²) in [7, 11) is -4.16. The standard InChI is InChI=1S/C10H12N5O6P/c11-8-5-9(13-2-12-8)15(3-14-5)10-7-6(4(1-16)19-10)20-22(17,18)21-7/h2-4,6-7,10,16H,1H2,(H,17,18)(H2,11,12,13)/t4-,6+,7+,10-/m0/s1. The van der Waals surface area contributed by atoms with Gasteiger partial charge in [0.1, 0.15) is 30.2 Å². The van der Waals surface area contributed by atoms with Crippen LogP contribution in [0.15, 0.2) is 12.7 Å². The van der Waals surface area contributed by atoms with Gasteiger partial charge in [-0.25, -0.2) is 19.5 Å². The maximum absolute atomic E-state index is 11.6. The Balaban J connectivity index is 1.78. The summed E-state index contributed by atoms with van der Waals surface area (Å²) in [5, 5.41) is 9.35. The quantitative estimate of drug-likeness (QED) is 0.595. The lowest BCUT2D eigenvalue weighted by Gasteiger charge is -2.18. The van der Waals surface area contributed by atoms with E-state index in [1.165, 1.54) is 17.2 Å². The average molecular weight is 329 g/mol. The summed E-state index contributed by atoms with van der Waals surface area (Å²) in [5.74, 6) is 0.202. The molecule has 5 atom stereocenters. The molecule has 0 bridgehead atoms. The van der Waals surface area contributed by atoms with Crippen molar-refractivity contribution < 1.29 is 28.3 Å². The number of nitrogens with zero attached hydrogens (tertiary/aromatic N) is 4. The first-order valence-electron chi connectivity index (χ1n) is 6.39. The topological polar surface area (TPSA) is 155 Å². The maximum atomic E-state index is 11.6. The molecule has 0 radical (unpaired) electrons. The Morgan fingerprint density at radius 3 is 2.86 bits per heavy atom. The number of imidazole rings is 1. The summed E-state index contributed by atoms with van der Waals surface area (Å²) < 4.78 is 28.8. The van der Waals surface area contributed by atoms with Crippen LogP contribution in [0.2, 0.25) is 0 Å². The molecule has 4 heterocycles. The average Bonchev–Trinajstić information content (AvgIpc) is 3.10. The lowest BCUT2D eigenvalue weighted by molar-refractivity contribution is -0.0589. The van der Waals surface area contributed by atoms with Crippen LogP contribution in [0.3, 0.4) is 0 Å². The minimum Gasteiger partial charge on any atom is -0.394 e. The number of hydrogen-bond acceptors (Lipinski definition) is 9. The monoisotopic (exact) mass is 329 g/mol. The molecule has 1 unspecified atom stereocenters. The number of ether oxygens (including phenoxy) is 1. The zero-order valence-corrected chi connectivity index (χ0v) is 11.9. The number of hydrogen-bond donors (Lipinski definition) is 3. The Morgan fingerprint density at radius 2 is 2.09 bits per heavy atom. The Hall–Kier alpha value is -1.62. The predicted molar refractivity (Wildman–Crippen MR) is 70.3 cm³/mol. The number of aliphatic hydroxyl groups excluding tert-OH is 1. The van der Waals surface area contributed by atoms with Gasteiger partial charge in [-0.3, -0.25) is 13.6 Å². The molecule has 0 saturated carbocycles. The summed E-state index contributed by atoms with van der Waals surface area (Å²) >= 11 is 0. The molecule has 4 rings (SSSR count). The third-order valence-corrected chi connectivity index (χ3v) is 4.66. The lowest BCUT2D eigenvalue weighted by Crippen LogP contribution is -2.30. The molecular weight excluding hydrogens is 317 g/mol. The third-order valence-electron chi connectivity index (χ3n) is 3.64. The van der Waals surface area contributed by atoms with Crippen molar-refractivity contribution in [3.8, 4) is 0 Å². The fraction of sp³-hybridized carbons (Fsp3) is 0.500. The van der Waals surface area contributed by atoms with Gasteiger partial charge in [0.05, 0.1) is 12.9 Å². The number of nitrogen functional groups attached to an aromatic ring is 1. The van der Waals surface area contributed by atoms with Crippen LogP contribution in [-0.2, 0) is 18.3 Å². The van der Waals surface area contributed by atoms with Crippen molar-refractivity contribution in [3.05, 3.63) is 12.7 Å². The van der Waals surface area contributed by atoms with Gasteiger partial charge in [-0.2, -0.15) is 0 Å². The number of aliphatic hydroxyl groups is 1. The van der Waals surface area contributed by atoms with Gasteiger partial charge >= 0.3 is 7.82 Å². The highest BCUT2D eigenvalue weighted by atomic mass is 31.2. The normalized spacial score (nSPS) is 37.7. The highest BCUT2D eigenvalue weighted by molar-refractivity contribution is 7.47. The smallest absolute Gasteiger partial charge is 0.394 e. The Bertz CT molecular complexity index is 782. The maximum Gasteiger partial charge on any atom is 0.473 e. The molecule has 2 aromatic heterocycles. The van der Waals surface area contributed by atoms with Gasteiger partial charge in [0.15, 0.2) is 17.7 Å². The van der Waals surface area contributed by atoms with E-state index in [0.29, 0.717) is 11.2 Å². The van der Waals surface area contributed by atoms with E-state index < -0.39 is 32.4 Å². The summed E-state index contributed by atoms with van der Waals surface area (Å²) in [6.07, 6.45) is -0.668. The molecule has 22 heavy (non-hydrogen) atoms. The summed E-state index contributed by atoms with van der Waals surface area (Å²) in [6.45, 7) is -0.384.